The van der Waals surface area contributed by atoms with Gasteiger partial charge in [-0.15, -0.1) is 37.2 Å². The number of rotatable bonds is 5. The molecule has 0 aromatic carbocycles. The van der Waals surface area contributed by atoms with Gasteiger partial charge in [0.1, 0.15) is 0 Å². The van der Waals surface area contributed by atoms with Crippen LogP contribution in [0.4, 0.5) is 0 Å². The van der Waals surface area contributed by atoms with Crippen LogP contribution in [0, 0.1) is 0 Å². The Labute approximate surface area is 159 Å². The molecular weight excluding hydrogens is 353 g/mol. The highest BCUT2D eigenvalue weighted by Gasteiger charge is 2.33. The van der Waals surface area contributed by atoms with Gasteiger partial charge in [-0.1, -0.05) is 0 Å². The van der Waals surface area contributed by atoms with Crippen molar-refractivity contribution >= 4 is 37.2 Å². The number of nitrogens with one attached hydrogen (secondary N) is 1. The van der Waals surface area contributed by atoms with E-state index in [0.29, 0.717) is 5.41 Å². The highest BCUT2D eigenvalue weighted by molar-refractivity contribution is 5.86. The molecule has 134 valence electrons. The molecule has 3 rings (SSSR count). The second kappa shape index (κ2) is 11.5. The van der Waals surface area contributed by atoms with Gasteiger partial charge in [0.15, 0.2) is 0 Å². The first kappa shape index (κ1) is 22.9. The first-order valence-electron chi connectivity index (χ1n) is 8.23. The summed E-state index contributed by atoms with van der Waals surface area (Å²) in [6.07, 6.45) is 11.9. The van der Waals surface area contributed by atoms with Crippen LogP contribution in [-0.4, -0.2) is 42.6 Å². The fourth-order valence-corrected chi connectivity index (χ4v) is 3.94. The van der Waals surface area contributed by atoms with E-state index in [-0.39, 0.29) is 37.2 Å². The van der Waals surface area contributed by atoms with Crippen molar-refractivity contribution < 1.29 is 0 Å². The topological polar surface area (TPSA) is 28.2 Å². The number of aromatic nitrogens is 1. The summed E-state index contributed by atoms with van der Waals surface area (Å²) >= 11 is 0. The van der Waals surface area contributed by atoms with Crippen LogP contribution in [0.15, 0.2) is 24.5 Å². The molecule has 0 saturated carbocycles. The number of hydrogen-bond acceptors (Lipinski definition) is 3. The largest absolute Gasteiger partial charge is 0.317 e. The molecule has 23 heavy (non-hydrogen) atoms. The predicted octanol–water partition coefficient (Wildman–Crippen LogP) is 3.84. The minimum Gasteiger partial charge on any atom is -0.317 e. The summed E-state index contributed by atoms with van der Waals surface area (Å²) < 4.78 is 0. The molecule has 2 aliphatic heterocycles. The van der Waals surface area contributed by atoms with Crippen LogP contribution in [-0.2, 0) is 5.41 Å². The highest BCUT2D eigenvalue weighted by Crippen LogP contribution is 2.37. The smallest absolute Gasteiger partial charge is 0.0270 e. The second-order valence-corrected chi connectivity index (χ2v) is 6.42. The highest BCUT2D eigenvalue weighted by atomic mass is 35.5. The van der Waals surface area contributed by atoms with Crippen LogP contribution in [0.2, 0.25) is 0 Å². The quantitative estimate of drug-likeness (QED) is 0.838. The minimum atomic E-state index is 0. The molecule has 2 saturated heterocycles. The number of likely N-dealkylation sites (tertiary alicyclic amines) is 1. The van der Waals surface area contributed by atoms with Crippen molar-refractivity contribution in [1.82, 2.24) is 15.2 Å². The van der Waals surface area contributed by atoms with E-state index in [4.69, 9.17) is 0 Å². The summed E-state index contributed by atoms with van der Waals surface area (Å²) in [7, 11) is 0. The van der Waals surface area contributed by atoms with Crippen molar-refractivity contribution in [2.45, 2.75) is 43.9 Å². The maximum atomic E-state index is 4.19. The number of piperidine rings is 1. The van der Waals surface area contributed by atoms with Crippen LogP contribution in [0.3, 0.4) is 0 Å². The van der Waals surface area contributed by atoms with E-state index in [0.717, 1.165) is 13.1 Å². The molecule has 1 aromatic rings. The molecule has 6 heteroatoms. The molecule has 0 radical (unpaired) electrons. The summed E-state index contributed by atoms with van der Waals surface area (Å²) in [5, 5.41) is 3.51. The van der Waals surface area contributed by atoms with E-state index in [9.17, 15) is 0 Å². The summed E-state index contributed by atoms with van der Waals surface area (Å²) in [6.45, 7) is 6.26. The third-order valence-electron chi connectivity index (χ3n) is 5.18. The third kappa shape index (κ3) is 6.06. The van der Waals surface area contributed by atoms with Crippen molar-refractivity contribution in [3.63, 3.8) is 0 Å². The fourth-order valence-electron chi connectivity index (χ4n) is 3.94. The Hall–Kier alpha value is -0.0600. The fraction of sp³-hybridized carbons (Fsp3) is 0.706. The standard InChI is InChI=1S/C17H27N3.3ClH/c1-2-14-20(13-1)15-3-6-17(7-11-19-12-8-17)16-4-9-18-10-5-16;;;/h4-5,9-10,19H,1-3,6-8,11-15H2;3*1H. The SMILES string of the molecule is Cl.Cl.Cl.c1cc(C2(CCCN3CCCC3)CCNCC2)ccn1. The Morgan fingerprint density at radius 3 is 2.22 bits per heavy atom. The minimum absolute atomic E-state index is 0. The van der Waals surface area contributed by atoms with Gasteiger partial charge in [0.2, 0.25) is 0 Å². The molecule has 3 heterocycles. The van der Waals surface area contributed by atoms with Gasteiger partial charge >= 0.3 is 0 Å². The molecule has 0 spiro atoms. The van der Waals surface area contributed by atoms with Gasteiger partial charge in [-0.3, -0.25) is 4.98 Å². The molecule has 0 unspecified atom stereocenters. The first-order chi connectivity index (χ1) is 9.89. The van der Waals surface area contributed by atoms with Crippen LogP contribution in [0.25, 0.3) is 0 Å². The molecule has 2 aliphatic rings. The molecule has 3 nitrogen and oxygen atoms in total. The van der Waals surface area contributed by atoms with Crippen LogP contribution < -0.4 is 5.32 Å². The van der Waals surface area contributed by atoms with Crippen molar-refractivity contribution in [2.24, 2.45) is 0 Å². The second-order valence-electron chi connectivity index (χ2n) is 6.42. The summed E-state index contributed by atoms with van der Waals surface area (Å²) in [5.41, 5.74) is 1.91. The number of halogens is 3. The maximum Gasteiger partial charge on any atom is 0.0270 e. The summed E-state index contributed by atoms with van der Waals surface area (Å²) in [5.74, 6) is 0. The number of hydrogen-bond donors (Lipinski definition) is 1. The molecule has 0 amide bonds. The van der Waals surface area contributed by atoms with Crippen molar-refractivity contribution in [2.75, 3.05) is 32.7 Å². The van der Waals surface area contributed by atoms with Gasteiger partial charge in [-0.05, 0) is 94.4 Å². The van der Waals surface area contributed by atoms with Crippen molar-refractivity contribution in [3.05, 3.63) is 30.1 Å². The molecule has 0 bridgehead atoms. The maximum absolute atomic E-state index is 4.19. The van der Waals surface area contributed by atoms with Crippen LogP contribution in [0.1, 0.15) is 44.1 Å². The lowest BCUT2D eigenvalue weighted by Gasteiger charge is -2.38. The van der Waals surface area contributed by atoms with E-state index < -0.39 is 0 Å². The Morgan fingerprint density at radius 2 is 1.61 bits per heavy atom. The van der Waals surface area contributed by atoms with Crippen LogP contribution >= 0.6 is 37.2 Å². The lowest BCUT2D eigenvalue weighted by atomic mass is 9.70. The van der Waals surface area contributed by atoms with E-state index in [2.05, 4.69) is 27.3 Å². The Kier molecular flexibility index (Phi) is 11.5. The average Bonchev–Trinajstić information content (AvgIpc) is 3.02. The lowest BCUT2D eigenvalue weighted by Crippen LogP contribution is -2.40. The van der Waals surface area contributed by atoms with E-state index >= 15 is 0 Å². The Balaban J connectivity index is 0.00000161. The zero-order valence-electron chi connectivity index (χ0n) is 13.7. The monoisotopic (exact) mass is 381 g/mol. The van der Waals surface area contributed by atoms with Crippen molar-refractivity contribution in [1.29, 1.82) is 0 Å². The molecule has 0 atom stereocenters. The molecule has 0 aliphatic carbocycles. The molecule has 1 aromatic heterocycles. The van der Waals surface area contributed by atoms with Gasteiger partial charge in [0.25, 0.3) is 0 Å². The molecule has 1 N–H and O–H groups in total. The normalized spacial score (nSPS) is 20.0. The van der Waals surface area contributed by atoms with Crippen LogP contribution in [0.5, 0.6) is 0 Å². The van der Waals surface area contributed by atoms with Gasteiger partial charge in [-0.2, -0.15) is 0 Å². The van der Waals surface area contributed by atoms with Gasteiger partial charge in [0.05, 0.1) is 0 Å². The molecular formula is C17H30Cl3N3. The zero-order chi connectivity index (χ0) is 13.7. The number of pyridine rings is 1. The summed E-state index contributed by atoms with van der Waals surface area (Å²) in [6, 6.07) is 4.47. The van der Waals surface area contributed by atoms with E-state index in [1.54, 1.807) is 0 Å². The predicted molar refractivity (Wildman–Crippen MR) is 105 cm³/mol. The molecule has 2 fully saturated rings. The number of nitrogens with zero attached hydrogens (tertiary/aromatic N) is 2. The Morgan fingerprint density at radius 1 is 1.00 bits per heavy atom. The van der Waals surface area contributed by atoms with Crippen molar-refractivity contribution in [3.8, 4) is 0 Å². The van der Waals surface area contributed by atoms with E-state index in [1.807, 2.05) is 12.4 Å². The van der Waals surface area contributed by atoms with E-state index in [1.165, 1.54) is 63.7 Å². The first-order valence-corrected chi connectivity index (χ1v) is 8.23. The zero-order valence-corrected chi connectivity index (χ0v) is 16.2. The van der Waals surface area contributed by atoms with Gasteiger partial charge in [0, 0.05) is 12.4 Å². The van der Waals surface area contributed by atoms with Gasteiger partial charge in [-0.25, -0.2) is 0 Å². The van der Waals surface area contributed by atoms with Gasteiger partial charge < -0.3 is 10.2 Å². The lowest BCUT2D eigenvalue weighted by molar-refractivity contribution is 0.254. The average molecular weight is 383 g/mol. The summed E-state index contributed by atoms with van der Waals surface area (Å²) in [4.78, 5) is 6.83. The Bertz CT molecular complexity index is 405. The third-order valence-corrected chi connectivity index (χ3v) is 5.18.